The van der Waals surface area contributed by atoms with E-state index in [1.165, 1.54) is 23.1 Å². The van der Waals surface area contributed by atoms with Crippen molar-refractivity contribution in [3.63, 3.8) is 0 Å². The summed E-state index contributed by atoms with van der Waals surface area (Å²) in [6.45, 7) is 2.61. The average molecular weight is 334 g/mol. The highest BCUT2D eigenvalue weighted by Gasteiger charge is 2.13. The van der Waals surface area contributed by atoms with Crippen LogP contribution in [0.15, 0.2) is 22.7 Å². The van der Waals surface area contributed by atoms with Gasteiger partial charge in [-0.15, -0.1) is 0 Å². The highest BCUT2D eigenvalue weighted by Crippen LogP contribution is 2.25. The van der Waals surface area contributed by atoms with E-state index in [1.54, 1.807) is 0 Å². The molecule has 1 rings (SSSR count). The second-order valence-electron chi connectivity index (χ2n) is 3.97. The molecule has 106 valence electrons. The van der Waals surface area contributed by atoms with Crippen molar-refractivity contribution >= 4 is 21.8 Å². The molecule has 0 spiro atoms. The number of aliphatic hydroxyl groups excluding tert-OH is 1. The second kappa shape index (κ2) is 8.12. The number of ether oxygens (including phenoxy) is 1. The molecule has 1 amide bonds. The van der Waals surface area contributed by atoms with Gasteiger partial charge in [-0.3, -0.25) is 4.79 Å². The lowest BCUT2D eigenvalue weighted by Gasteiger charge is -2.21. The van der Waals surface area contributed by atoms with Gasteiger partial charge in [-0.1, -0.05) is 6.92 Å². The molecule has 0 atom stereocenters. The molecule has 0 radical (unpaired) electrons. The Hall–Kier alpha value is -1.14. The van der Waals surface area contributed by atoms with Crippen LogP contribution in [0.5, 0.6) is 5.75 Å². The first-order valence-electron chi connectivity index (χ1n) is 6.05. The van der Waals surface area contributed by atoms with E-state index in [4.69, 9.17) is 9.84 Å². The van der Waals surface area contributed by atoms with Crippen LogP contribution in [0.4, 0.5) is 4.39 Å². The number of nitrogens with zero attached hydrogens (tertiary/aromatic N) is 1. The third-order valence-electron chi connectivity index (χ3n) is 2.46. The van der Waals surface area contributed by atoms with Crippen LogP contribution in [0.2, 0.25) is 0 Å². The highest BCUT2D eigenvalue weighted by atomic mass is 79.9. The number of rotatable bonds is 7. The van der Waals surface area contributed by atoms with E-state index in [0.29, 0.717) is 23.3 Å². The van der Waals surface area contributed by atoms with E-state index in [-0.39, 0.29) is 24.9 Å². The van der Waals surface area contributed by atoms with Gasteiger partial charge in [0.05, 0.1) is 11.1 Å². The number of hydrogen-bond donors (Lipinski definition) is 1. The normalized spacial score (nSPS) is 10.3. The summed E-state index contributed by atoms with van der Waals surface area (Å²) in [4.78, 5) is 13.4. The van der Waals surface area contributed by atoms with Crippen molar-refractivity contribution in [3.8, 4) is 5.75 Å². The molecule has 1 N–H and O–H groups in total. The first-order chi connectivity index (χ1) is 9.08. The summed E-state index contributed by atoms with van der Waals surface area (Å²) in [5, 5.41) is 8.89. The van der Waals surface area contributed by atoms with Crippen LogP contribution >= 0.6 is 15.9 Å². The van der Waals surface area contributed by atoms with Gasteiger partial charge in [0.1, 0.15) is 11.6 Å². The minimum absolute atomic E-state index is 0.0774. The third kappa shape index (κ3) is 5.16. The van der Waals surface area contributed by atoms with E-state index in [9.17, 15) is 9.18 Å². The molecule has 0 saturated carbocycles. The molecule has 1 aromatic rings. The predicted octanol–water partition coefficient (Wildman–Crippen LogP) is 2.20. The first kappa shape index (κ1) is 15.9. The molecular weight excluding hydrogens is 317 g/mol. The van der Waals surface area contributed by atoms with Crippen molar-refractivity contribution in [1.82, 2.24) is 4.90 Å². The zero-order valence-electron chi connectivity index (χ0n) is 10.7. The van der Waals surface area contributed by atoms with Gasteiger partial charge in [0.2, 0.25) is 0 Å². The molecule has 0 aromatic heterocycles. The molecule has 0 aliphatic heterocycles. The van der Waals surface area contributed by atoms with Crippen molar-refractivity contribution in [3.05, 3.63) is 28.5 Å². The molecule has 0 heterocycles. The summed E-state index contributed by atoms with van der Waals surface area (Å²) >= 11 is 3.17. The largest absolute Gasteiger partial charge is 0.483 e. The summed E-state index contributed by atoms with van der Waals surface area (Å²) in [5.74, 6) is -0.166. The van der Waals surface area contributed by atoms with E-state index >= 15 is 0 Å². The van der Waals surface area contributed by atoms with E-state index in [1.807, 2.05) is 6.92 Å². The lowest BCUT2D eigenvalue weighted by molar-refractivity contribution is -0.133. The maximum atomic E-state index is 12.9. The van der Waals surface area contributed by atoms with Crippen molar-refractivity contribution < 1.29 is 19.0 Å². The maximum Gasteiger partial charge on any atom is 0.260 e. The van der Waals surface area contributed by atoms with Gasteiger partial charge in [-0.2, -0.15) is 0 Å². The molecule has 0 unspecified atom stereocenters. The van der Waals surface area contributed by atoms with Crippen molar-refractivity contribution in [1.29, 1.82) is 0 Å². The number of hydrogen-bond acceptors (Lipinski definition) is 3. The topological polar surface area (TPSA) is 49.8 Å². The number of aliphatic hydroxyl groups is 1. The Morgan fingerprint density at radius 1 is 1.47 bits per heavy atom. The Morgan fingerprint density at radius 2 is 2.21 bits per heavy atom. The Bertz CT molecular complexity index is 422. The fourth-order valence-electron chi connectivity index (χ4n) is 1.57. The lowest BCUT2D eigenvalue weighted by Crippen LogP contribution is -2.37. The molecule has 4 nitrogen and oxygen atoms in total. The van der Waals surface area contributed by atoms with Gasteiger partial charge in [0.15, 0.2) is 6.61 Å². The first-order valence-corrected chi connectivity index (χ1v) is 6.84. The second-order valence-corrected chi connectivity index (χ2v) is 4.82. The molecule has 1 aromatic carbocycles. The van der Waals surface area contributed by atoms with E-state index < -0.39 is 0 Å². The zero-order chi connectivity index (χ0) is 14.3. The van der Waals surface area contributed by atoms with Crippen molar-refractivity contribution in [2.75, 3.05) is 26.3 Å². The molecule has 0 aliphatic rings. The Kier molecular flexibility index (Phi) is 6.80. The fourth-order valence-corrected chi connectivity index (χ4v) is 2.04. The summed E-state index contributed by atoms with van der Waals surface area (Å²) in [7, 11) is 0. The van der Waals surface area contributed by atoms with Gasteiger partial charge >= 0.3 is 0 Å². The fraction of sp³-hybridized carbons (Fsp3) is 0.462. The lowest BCUT2D eigenvalue weighted by atomic mass is 10.3. The minimum Gasteiger partial charge on any atom is -0.483 e. The molecule has 0 bridgehead atoms. The maximum absolute atomic E-state index is 12.9. The van der Waals surface area contributed by atoms with Crippen LogP contribution in [0, 0.1) is 5.82 Å². The molecule has 0 fully saturated rings. The summed E-state index contributed by atoms with van der Waals surface area (Å²) in [5.41, 5.74) is 0. The summed E-state index contributed by atoms with van der Waals surface area (Å²) in [6.07, 6.45) is 0.811. The Morgan fingerprint density at radius 3 is 2.79 bits per heavy atom. The van der Waals surface area contributed by atoms with Gasteiger partial charge in [0.25, 0.3) is 5.91 Å². The zero-order valence-corrected chi connectivity index (χ0v) is 12.3. The standard InChI is InChI=1S/C13H17BrFNO3/c1-2-5-16(6-7-17)13(18)9-19-12-4-3-10(15)8-11(12)14/h3-4,8,17H,2,5-7,9H2,1H3. The molecular formula is C13H17BrFNO3. The van der Waals surface area contributed by atoms with E-state index in [0.717, 1.165) is 6.42 Å². The van der Waals surface area contributed by atoms with Gasteiger partial charge in [0, 0.05) is 13.1 Å². The molecule has 6 heteroatoms. The number of amides is 1. The monoisotopic (exact) mass is 333 g/mol. The van der Waals surface area contributed by atoms with E-state index in [2.05, 4.69) is 15.9 Å². The van der Waals surface area contributed by atoms with Crippen LogP contribution in [0.3, 0.4) is 0 Å². The van der Waals surface area contributed by atoms with Gasteiger partial charge < -0.3 is 14.7 Å². The van der Waals surface area contributed by atoms with Crippen LogP contribution in [-0.4, -0.2) is 42.2 Å². The smallest absolute Gasteiger partial charge is 0.260 e. The molecule has 0 saturated heterocycles. The predicted molar refractivity (Wildman–Crippen MR) is 73.6 cm³/mol. The van der Waals surface area contributed by atoms with Gasteiger partial charge in [-0.05, 0) is 40.5 Å². The minimum atomic E-state index is -0.376. The third-order valence-corrected chi connectivity index (χ3v) is 3.08. The van der Waals surface area contributed by atoms with Crippen LogP contribution in [0.25, 0.3) is 0 Å². The number of benzene rings is 1. The molecule has 0 aliphatic carbocycles. The van der Waals surface area contributed by atoms with Crippen molar-refractivity contribution in [2.24, 2.45) is 0 Å². The van der Waals surface area contributed by atoms with Crippen LogP contribution in [0.1, 0.15) is 13.3 Å². The van der Waals surface area contributed by atoms with Gasteiger partial charge in [-0.25, -0.2) is 4.39 Å². The highest BCUT2D eigenvalue weighted by molar-refractivity contribution is 9.10. The summed E-state index contributed by atoms with van der Waals surface area (Å²) in [6, 6.07) is 4.00. The van der Waals surface area contributed by atoms with Crippen LogP contribution < -0.4 is 4.74 Å². The Balaban J connectivity index is 2.56. The Labute approximate surface area is 120 Å². The average Bonchev–Trinajstić information content (AvgIpc) is 2.37. The summed E-state index contributed by atoms with van der Waals surface area (Å²) < 4.78 is 18.7. The van der Waals surface area contributed by atoms with Crippen molar-refractivity contribution in [2.45, 2.75) is 13.3 Å². The molecule has 19 heavy (non-hydrogen) atoms. The number of carbonyl (C=O) groups is 1. The number of carbonyl (C=O) groups excluding carboxylic acids is 1. The van der Waals surface area contributed by atoms with Crippen LogP contribution in [-0.2, 0) is 4.79 Å². The number of halogens is 2. The SMILES string of the molecule is CCCN(CCO)C(=O)COc1ccc(F)cc1Br. The quantitative estimate of drug-likeness (QED) is 0.832.